The normalized spacial score (nSPS) is 10.6. The van der Waals surface area contributed by atoms with Crippen molar-refractivity contribution in [3.05, 3.63) is 126 Å². The van der Waals surface area contributed by atoms with Gasteiger partial charge in [0, 0.05) is 6.07 Å². The lowest BCUT2D eigenvalue weighted by atomic mass is 10.1. The first-order valence-corrected chi connectivity index (χ1v) is 13.8. The first-order chi connectivity index (χ1) is 21.7. The molecule has 1 amide bonds. The molecule has 0 saturated heterocycles. The van der Waals surface area contributed by atoms with Crippen LogP contribution in [0.5, 0.6) is 17.2 Å². The summed E-state index contributed by atoms with van der Waals surface area (Å²) in [6, 6.07) is 30.6. The van der Waals surface area contributed by atoms with Crippen LogP contribution in [0.15, 0.2) is 109 Å². The quantitative estimate of drug-likeness (QED) is 0.0839. The summed E-state index contributed by atoms with van der Waals surface area (Å²) < 4.78 is 31.5. The third kappa shape index (κ3) is 10.4. The Balaban J connectivity index is 1.41. The monoisotopic (exact) mass is 613 g/mol. The van der Waals surface area contributed by atoms with Crippen molar-refractivity contribution < 1.29 is 47.6 Å². The van der Waals surface area contributed by atoms with Gasteiger partial charge >= 0.3 is 24.4 Å². The van der Waals surface area contributed by atoms with Crippen molar-refractivity contribution in [2.24, 2.45) is 0 Å². The number of rotatable bonds is 11. The molecule has 11 nitrogen and oxygen atoms in total. The molecular weight excluding hydrogens is 582 g/mol. The summed E-state index contributed by atoms with van der Waals surface area (Å²) in [6.45, 7) is 2.73. The third-order valence-corrected chi connectivity index (χ3v) is 6.05. The summed E-state index contributed by atoms with van der Waals surface area (Å²) in [5, 5.41) is 2.46. The highest BCUT2D eigenvalue weighted by molar-refractivity contribution is 5.86. The molecule has 0 aliphatic carbocycles. The van der Waals surface area contributed by atoms with Crippen molar-refractivity contribution in [3.63, 3.8) is 0 Å². The van der Waals surface area contributed by atoms with Gasteiger partial charge in [-0.1, -0.05) is 91.0 Å². The highest BCUT2D eigenvalue weighted by Crippen LogP contribution is 2.33. The SMILES string of the molecule is CC(C)(NC(=O)OCc1ccccc1)C(=O)Oc1ccc(OC(=O)OCc2ccccc2)c(OC(=O)OCc2ccccc2)c1. The number of hydrogen-bond acceptors (Lipinski definition) is 10. The molecule has 0 aromatic heterocycles. The van der Waals surface area contributed by atoms with Gasteiger partial charge in [0.2, 0.25) is 0 Å². The number of amides is 1. The van der Waals surface area contributed by atoms with E-state index in [1.165, 1.54) is 26.0 Å². The van der Waals surface area contributed by atoms with Crippen LogP contribution >= 0.6 is 0 Å². The molecule has 0 spiro atoms. The Kier molecular flexibility index (Phi) is 11.1. The lowest BCUT2D eigenvalue weighted by molar-refractivity contribution is -0.140. The van der Waals surface area contributed by atoms with Crippen LogP contribution in [-0.4, -0.2) is 29.9 Å². The molecule has 4 rings (SSSR count). The minimum absolute atomic E-state index is 0.00805. The second-order valence-electron chi connectivity index (χ2n) is 10.1. The van der Waals surface area contributed by atoms with Gasteiger partial charge in [0.15, 0.2) is 11.5 Å². The molecule has 0 aliphatic rings. The van der Waals surface area contributed by atoms with Gasteiger partial charge in [0.25, 0.3) is 0 Å². The van der Waals surface area contributed by atoms with E-state index in [0.29, 0.717) is 0 Å². The maximum absolute atomic E-state index is 13.0. The van der Waals surface area contributed by atoms with Gasteiger partial charge in [-0.05, 0) is 42.7 Å². The first kappa shape index (κ1) is 32.1. The van der Waals surface area contributed by atoms with E-state index < -0.39 is 29.9 Å². The summed E-state index contributed by atoms with van der Waals surface area (Å²) in [5.41, 5.74) is 0.710. The molecule has 0 atom stereocenters. The Hall–Kier alpha value is -5.84. The van der Waals surface area contributed by atoms with Crippen LogP contribution in [-0.2, 0) is 38.8 Å². The zero-order valence-corrected chi connectivity index (χ0v) is 24.6. The summed E-state index contributed by atoms with van der Waals surface area (Å²) in [4.78, 5) is 50.3. The predicted molar refractivity (Wildman–Crippen MR) is 160 cm³/mol. The number of benzene rings is 4. The molecule has 232 valence electrons. The maximum atomic E-state index is 13.0. The van der Waals surface area contributed by atoms with Crippen LogP contribution in [0.25, 0.3) is 0 Å². The predicted octanol–water partition coefficient (Wildman–Crippen LogP) is 6.73. The number of alkyl carbamates (subject to hydrolysis) is 1. The van der Waals surface area contributed by atoms with Crippen molar-refractivity contribution in [2.45, 2.75) is 39.2 Å². The van der Waals surface area contributed by atoms with Crippen LogP contribution in [0.3, 0.4) is 0 Å². The first-order valence-electron chi connectivity index (χ1n) is 13.8. The van der Waals surface area contributed by atoms with E-state index in [-0.39, 0.29) is 37.1 Å². The molecule has 45 heavy (non-hydrogen) atoms. The molecule has 4 aromatic carbocycles. The summed E-state index contributed by atoms with van der Waals surface area (Å²) in [5.74, 6) is -1.43. The van der Waals surface area contributed by atoms with Crippen LogP contribution < -0.4 is 19.5 Å². The van der Waals surface area contributed by atoms with Gasteiger partial charge in [-0.25, -0.2) is 19.2 Å². The van der Waals surface area contributed by atoms with E-state index in [9.17, 15) is 19.2 Å². The van der Waals surface area contributed by atoms with E-state index in [4.69, 9.17) is 28.4 Å². The zero-order valence-electron chi connectivity index (χ0n) is 24.6. The fourth-order valence-electron chi connectivity index (χ4n) is 3.69. The third-order valence-electron chi connectivity index (χ3n) is 6.05. The highest BCUT2D eigenvalue weighted by Gasteiger charge is 2.33. The molecule has 0 saturated carbocycles. The van der Waals surface area contributed by atoms with Crippen molar-refractivity contribution in [3.8, 4) is 17.2 Å². The van der Waals surface area contributed by atoms with Crippen molar-refractivity contribution in [1.82, 2.24) is 5.32 Å². The number of nitrogens with one attached hydrogen (secondary N) is 1. The average Bonchev–Trinajstić information content (AvgIpc) is 3.04. The molecule has 0 heterocycles. The standard InChI is InChI=1S/C34H31NO10/c1-34(2,35-31(37)40-21-24-12-6-3-7-13-24)30(36)43-27-18-19-28(44-32(38)41-22-25-14-8-4-9-15-25)29(20-27)45-33(39)42-23-26-16-10-5-11-17-26/h3-20H,21-23H2,1-2H3,(H,35,37). The summed E-state index contributed by atoms with van der Waals surface area (Å²) in [7, 11) is 0. The molecule has 0 aliphatic heterocycles. The van der Waals surface area contributed by atoms with Gasteiger partial charge < -0.3 is 33.7 Å². The van der Waals surface area contributed by atoms with E-state index >= 15 is 0 Å². The lowest BCUT2D eigenvalue weighted by Gasteiger charge is -2.23. The molecule has 0 fully saturated rings. The topological polar surface area (TPSA) is 136 Å². The lowest BCUT2D eigenvalue weighted by Crippen LogP contribution is -2.51. The van der Waals surface area contributed by atoms with Crippen molar-refractivity contribution in [1.29, 1.82) is 0 Å². The molecule has 0 unspecified atom stereocenters. The largest absolute Gasteiger partial charge is 0.514 e. The van der Waals surface area contributed by atoms with Crippen LogP contribution in [0.4, 0.5) is 14.4 Å². The highest BCUT2D eigenvalue weighted by atomic mass is 16.7. The number of hydrogen-bond donors (Lipinski definition) is 1. The molecular formula is C34H31NO10. The Bertz CT molecular complexity index is 1590. The van der Waals surface area contributed by atoms with Crippen LogP contribution in [0.1, 0.15) is 30.5 Å². The van der Waals surface area contributed by atoms with E-state index in [2.05, 4.69) is 5.32 Å². The molecule has 0 bridgehead atoms. The smallest absolute Gasteiger partial charge is 0.445 e. The van der Waals surface area contributed by atoms with E-state index in [1.54, 1.807) is 60.7 Å². The van der Waals surface area contributed by atoms with Gasteiger partial charge in [-0.15, -0.1) is 0 Å². The van der Waals surface area contributed by atoms with Crippen molar-refractivity contribution >= 4 is 24.4 Å². The number of carbonyl (C=O) groups is 4. The minimum atomic E-state index is -1.51. The fourth-order valence-corrected chi connectivity index (χ4v) is 3.69. The number of carbonyl (C=O) groups excluding carboxylic acids is 4. The fraction of sp³-hybridized carbons (Fsp3) is 0.176. The number of esters is 1. The Morgan fingerprint density at radius 2 is 1.00 bits per heavy atom. The summed E-state index contributed by atoms with van der Waals surface area (Å²) >= 11 is 0. The Morgan fingerprint density at radius 1 is 0.556 bits per heavy atom. The summed E-state index contributed by atoms with van der Waals surface area (Å²) in [6.07, 6.45) is -3.00. The second kappa shape index (κ2) is 15.6. The van der Waals surface area contributed by atoms with Gasteiger partial charge in [0.05, 0.1) is 0 Å². The second-order valence-corrected chi connectivity index (χ2v) is 10.1. The van der Waals surface area contributed by atoms with Gasteiger partial charge in [-0.2, -0.15) is 0 Å². The van der Waals surface area contributed by atoms with E-state index in [1.807, 2.05) is 30.3 Å². The Labute approximate surface area is 259 Å². The molecule has 11 heteroatoms. The Morgan fingerprint density at radius 3 is 1.49 bits per heavy atom. The average molecular weight is 614 g/mol. The van der Waals surface area contributed by atoms with Crippen LogP contribution in [0.2, 0.25) is 0 Å². The molecule has 1 N–H and O–H groups in total. The molecule has 4 aromatic rings. The van der Waals surface area contributed by atoms with Gasteiger partial charge in [0.1, 0.15) is 31.1 Å². The minimum Gasteiger partial charge on any atom is -0.445 e. The van der Waals surface area contributed by atoms with E-state index in [0.717, 1.165) is 22.8 Å². The number of ether oxygens (including phenoxy) is 6. The van der Waals surface area contributed by atoms with Gasteiger partial charge in [-0.3, -0.25) is 0 Å². The zero-order chi connectivity index (χ0) is 32.1. The van der Waals surface area contributed by atoms with Crippen LogP contribution in [0, 0.1) is 0 Å². The molecule has 0 radical (unpaired) electrons. The maximum Gasteiger partial charge on any atom is 0.514 e. The van der Waals surface area contributed by atoms with Crippen molar-refractivity contribution in [2.75, 3.05) is 0 Å².